The van der Waals surface area contributed by atoms with Crippen LogP contribution in [-0.2, 0) is 24.4 Å². The SMILES string of the molecule is CC/C=C/C(=O)O[C@H]1CO[C@H](c2ccc(C34CCC(CCCCC)(CC3)CC4)cc2)CO1. The average molecular weight is 441 g/mol. The van der Waals surface area contributed by atoms with Crippen LogP contribution in [0.15, 0.2) is 36.4 Å². The topological polar surface area (TPSA) is 44.8 Å². The van der Waals surface area contributed by atoms with E-state index in [9.17, 15) is 4.79 Å². The van der Waals surface area contributed by atoms with Crippen molar-refractivity contribution in [2.45, 2.75) is 102 Å². The summed E-state index contributed by atoms with van der Waals surface area (Å²) in [5.74, 6) is -0.378. The first-order valence-corrected chi connectivity index (χ1v) is 12.8. The molecule has 4 aliphatic rings. The van der Waals surface area contributed by atoms with Crippen LogP contribution in [0.1, 0.15) is 102 Å². The molecule has 1 heterocycles. The minimum Gasteiger partial charge on any atom is -0.430 e. The van der Waals surface area contributed by atoms with Crippen molar-refractivity contribution < 1.29 is 19.0 Å². The van der Waals surface area contributed by atoms with Gasteiger partial charge in [0.2, 0.25) is 6.29 Å². The highest BCUT2D eigenvalue weighted by molar-refractivity contribution is 5.81. The van der Waals surface area contributed by atoms with Gasteiger partial charge in [-0.1, -0.05) is 63.5 Å². The van der Waals surface area contributed by atoms with Crippen LogP contribution in [0.2, 0.25) is 0 Å². The Balaban J connectivity index is 1.29. The van der Waals surface area contributed by atoms with Gasteiger partial charge in [0.1, 0.15) is 12.7 Å². The number of fused-ring (bicyclic) bond motifs is 3. The Morgan fingerprint density at radius 1 is 1.00 bits per heavy atom. The highest BCUT2D eigenvalue weighted by atomic mass is 16.7. The number of rotatable bonds is 9. The summed E-state index contributed by atoms with van der Waals surface area (Å²) in [5.41, 5.74) is 3.69. The quantitative estimate of drug-likeness (QED) is 0.241. The number of carbonyl (C=O) groups is 1. The third-order valence-electron chi connectivity index (χ3n) is 8.21. The molecule has 2 bridgehead atoms. The maximum Gasteiger partial charge on any atom is 0.332 e. The van der Waals surface area contributed by atoms with Gasteiger partial charge in [-0.2, -0.15) is 0 Å². The molecule has 3 saturated carbocycles. The molecule has 2 atom stereocenters. The number of hydrogen-bond acceptors (Lipinski definition) is 4. The zero-order valence-corrected chi connectivity index (χ0v) is 19.9. The van der Waals surface area contributed by atoms with Crippen molar-refractivity contribution >= 4 is 5.97 Å². The summed E-state index contributed by atoms with van der Waals surface area (Å²) in [6.45, 7) is 4.95. The monoisotopic (exact) mass is 440 g/mol. The highest BCUT2D eigenvalue weighted by Gasteiger charge is 2.48. The Morgan fingerprint density at radius 3 is 2.31 bits per heavy atom. The molecule has 4 heteroatoms. The van der Waals surface area contributed by atoms with Crippen LogP contribution in [0.4, 0.5) is 0 Å². The summed E-state index contributed by atoms with van der Waals surface area (Å²) in [6.07, 6.45) is 17.1. The predicted molar refractivity (Wildman–Crippen MR) is 126 cm³/mol. The first-order valence-electron chi connectivity index (χ1n) is 12.8. The molecule has 4 nitrogen and oxygen atoms in total. The maximum atomic E-state index is 11.7. The normalized spacial score (nSPS) is 32.3. The summed E-state index contributed by atoms with van der Waals surface area (Å²) in [5, 5.41) is 0. The van der Waals surface area contributed by atoms with Gasteiger partial charge >= 0.3 is 5.97 Å². The minimum atomic E-state index is -0.625. The third-order valence-corrected chi connectivity index (χ3v) is 8.21. The van der Waals surface area contributed by atoms with Crippen molar-refractivity contribution in [1.29, 1.82) is 0 Å². The van der Waals surface area contributed by atoms with Crippen molar-refractivity contribution in [3.63, 3.8) is 0 Å². The van der Waals surface area contributed by atoms with E-state index in [0.29, 0.717) is 17.4 Å². The van der Waals surface area contributed by atoms with Gasteiger partial charge in [0, 0.05) is 6.08 Å². The summed E-state index contributed by atoms with van der Waals surface area (Å²) in [7, 11) is 0. The van der Waals surface area contributed by atoms with Gasteiger partial charge < -0.3 is 14.2 Å². The Labute approximate surface area is 193 Å². The van der Waals surface area contributed by atoms with Crippen LogP contribution in [0, 0.1) is 5.41 Å². The van der Waals surface area contributed by atoms with Crippen LogP contribution in [0.25, 0.3) is 0 Å². The smallest absolute Gasteiger partial charge is 0.332 e. The fourth-order valence-electron chi connectivity index (χ4n) is 6.00. The lowest BCUT2D eigenvalue weighted by atomic mass is 9.51. The molecule has 3 aliphatic carbocycles. The second kappa shape index (κ2) is 10.5. The second-order valence-electron chi connectivity index (χ2n) is 10.2. The van der Waals surface area contributed by atoms with Crippen LogP contribution in [0.3, 0.4) is 0 Å². The van der Waals surface area contributed by atoms with E-state index < -0.39 is 6.29 Å². The fourth-order valence-corrected chi connectivity index (χ4v) is 6.00. The van der Waals surface area contributed by atoms with Crippen LogP contribution < -0.4 is 0 Å². The first kappa shape index (κ1) is 23.5. The molecule has 0 unspecified atom stereocenters. The number of carbonyl (C=O) groups excluding carboxylic acids is 1. The van der Waals surface area contributed by atoms with Gasteiger partial charge in [-0.05, 0) is 73.3 Å². The van der Waals surface area contributed by atoms with Gasteiger partial charge in [0.05, 0.1) is 6.61 Å². The summed E-state index contributed by atoms with van der Waals surface area (Å²) in [6, 6.07) is 9.09. The van der Waals surface area contributed by atoms with E-state index in [1.165, 1.54) is 75.8 Å². The van der Waals surface area contributed by atoms with Crippen molar-refractivity contribution in [3.05, 3.63) is 47.5 Å². The minimum absolute atomic E-state index is 0.105. The van der Waals surface area contributed by atoms with Gasteiger partial charge in [0.25, 0.3) is 0 Å². The van der Waals surface area contributed by atoms with E-state index in [-0.39, 0.29) is 18.7 Å². The van der Waals surface area contributed by atoms with Gasteiger partial charge in [0.15, 0.2) is 0 Å². The molecular weight excluding hydrogens is 400 g/mol. The molecule has 176 valence electrons. The zero-order valence-electron chi connectivity index (χ0n) is 19.9. The van der Waals surface area contributed by atoms with Crippen molar-refractivity contribution in [1.82, 2.24) is 0 Å². The molecule has 0 N–H and O–H groups in total. The molecule has 0 amide bonds. The lowest BCUT2D eigenvalue weighted by Gasteiger charge is -2.54. The number of benzene rings is 1. The number of allylic oxidation sites excluding steroid dienone is 1. The first-order chi connectivity index (χ1) is 15.6. The Kier molecular flexibility index (Phi) is 7.73. The van der Waals surface area contributed by atoms with Crippen molar-refractivity contribution in [3.8, 4) is 0 Å². The van der Waals surface area contributed by atoms with E-state index in [1.54, 1.807) is 6.08 Å². The fraction of sp³-hybridized carbons (Fsp3) is 0.679. The van der Waals surface area contributed by atoms with Crippen LogP contribution >= 0.6 is 0 Å². The van der Waals surface area contributed by atoms with E-state index >= 15 is 0 Å². The van der Waals surface area contributed by atoms with Gasteiger partial charge in [-0.25, -0.2) is 4.79 Å². The van der Waals surface area contributed by atoms with Crippen molar-refractivity contribution in [2.24, 2.45) is 5.41 Å². The number of unbranched alkanes of at least 4 members (excludes halogenated alkanes) is 2. The summed E-state index contributed by atoms with van der Waals surface area (Å²) in [4.78, 5) is 11.7. The molecule has 4 fully saturated rings. The summed E-state index contributed by atoms with van der Waals surface area (Å²) < 4.78 is 17.0. The summed E-state index contributed by atoms with van der Waals surface area (Å²) >= 11 is 0. The Morgan fingerprint density at radius 2 is 1.72 bits per heavy atom. The predicted octanol–water partition coefficient (Wildman–Crippen LogP) is 6.78. The van der Waals surface area contributed by atoms with Gasteiger partial charge in [-0.15, -0.1) is 0 Å². The maximum absolute atomic E-state index is 11.7. The van der Waals surface area contributed by atoms with E-state index in [4.69, 9.17) is 14.2 Å². The second-order valence-corrected chi connectivity index (χ2v) is 10.2. The average Bonchev–Trinajstić information content (AvgIpc) is 2.85. The molecule has 5 rings (SSSR count). The van der Waals surface area contributed by atoms with Crippen LogP contribution in [0.5, 0.6) is 0 Å². The highest BCUT2D eigenvalue weighted by Crippen LogP contribution is 2.59. The number of esters is 1. The molecule has 1 aliphatic heterocycles. The Hall–Kier alpha value is -1.65. The number of ether oxygens (including phenoxy) is 3. The zero-order chi connectivity index (χ0) is 22.4. The van der Waals surface area contributed by atoms with E-state index in [2.05, 4.69) is 31.2 Å². The van der Waals surface area contributed by atoms with E-state index in [1.807, 2.05) is 6.92 Å². The van der Waals surface area contributed by atoms with Crippen molar-refractivity contribution in [2.75, 3.05) is 13.2 Å². The molecular formula is C28H40O4. The van der Waals surface area contributed by atoms with E-state index in [0.717, 1.165) is 12.0 Å². The largest absolute Gasteiger partial charge is 0.430 e. The molecule has 1 saturated heterocycles. The lowest BCUT2D eigenvalue weighted by Crippen LogP contribution is -2.44. The number of hydrogen-bond donors (Lipinski definition) is 0. The molecule has 0 aromatic heterocycles. The lowest BCUT2D eigenvalue weighted by molar-refractivity contribution is -0.230. The molecule has 0 radical (unpaired) electrons. The molecule has 1 aromatic rings. The van der Waals surface area contributed by atoms with Crippen LogP contribution in [-0.4, -0.2) is 25.5 Å². The standard InChI is InChI=1S/C28H40O4/c1-3-5-7-13-27-14-17-28(18-15-27,19-16-27)23-11-9-22(10-12-23)24-20-31-26(21-30-24)32-25(29)8-6-4-2/h6,8-12,24,26H,3-5,7,13-21H2,1-2H3/b8-6+/t24-,26-,27?,28?/m0/s1. The molecule has 1 aromatic carbocycles. The Bertz CT molecular complexity index is 749. The van der Waals surface area contributed by atoms with Gasteiger partial charge in [-0.3, -0.25) is 0 Å². The molecule has 0 spiro atoms. The third kappa shape index (κ3) is 5.28. The molecule has 32 heavy (non-hydrogen) atoms.